The van der Waals surface area contributed by atoms with Gasteiger partial charge in [0.25, 0.3) is 10.9 Å². The second kappa shape index (κ2) is 12.2. The van der Waals surface area contributed by atoms with Gasteiger partial charge < -0.3 is 25.1 Å². The number of pyridine rings is 1. The van der Waals surface area contributed by atoms with E-state index in [0.29, 0.717) is 28.5 Å². The van der Waals surface area contributed by atoms with Gasteiger partial charge in [-0.25, -0.2) is 0 Å². The first-order valence-corrected chi connectivity index (χ1v) is 13.4. The van der Waals surface area contributed by atoms with Crippen molar-refractivity contribution >= 4 is 23.4 Å². The first kappa shape index (κ1) is 25.9. The van der Waals surface area contributed by atoms with Gasteiger partial charge in [0.1, 0.15) is 0 Å². The van der Waals surface area contributed by atoms with Crippen LogP contribution in [0.1, 0.15) is 45.9 Å². The smallest absolute Gasteiger partial charge is 0.255 e. The molecular weight excluding hydrogens is 500 g/mol. The quantitative estimate of drug-likeness (QED) is 0.181. The molecule has 0 bridgehead atoms. The second-order valence-electron chi connectivity index (χ2n) is 8.97. The molecule has 0 spiro atoms. The number of aromatic nitrogens is 1. The van der Waals surface area contributed by atoms with Gasteiger partial charge in [0.2, 0.25) is 0 Å². The highest BCUT2D eigenvalue weighted by atomic mass is 32.2. The number of nitrogens with one attached hydrogen (secondary N) is 1. The second-order valence-corrected chi connectivity index (χ2v) is 10.0. The highest BCUT2D eigenvalue weighted by Gasteiger charge is 2.32. The molecule has 0 unspecified atom stereocenters. The van der Waals surface area contributed by atoms with Gasteiger partial charge in [-0.3, -0.25) is 4.79 Å². The third kappa shape index (κ3) is 6.41. The molecule has 0 saturated carbocycles. The molecule has 5 rings (SSSR count). The maximum atomic E-state index is 12.5. The Morgan fingerprint density at radius 1 is 0.921 bits per heavy atom. The molecule has 1 aliphatic heterocycles. The lowest BCUT2D eigenvalue weighted by molar-refractivity contribution is -0.645. The number of aliphatic hydroxyl groups excluding tert-OH is 1. The summed E-state index contributed by atoms with van der Waals surface area (Å²) < 4.78 is 13.6. The van der Waals surface area contributed by atoms with E-state index < -0.39 is 6.29 Å². The molecule has 1 aromatic heterocycles. The molecule has 1 aliphatic rings. The fraction of sp³-hybridized carbons (Fsp3) is 0.200. The number of hydrogen-bond donors (Lipinski definition) is 2. The summed E-state index contributed by atoms with van der Waals surface area (Å²) >= 11 is 1.45. The van der Waals surface area contributed by atoms with E-state index in [-0.39, 0.29) is 24.7 Å². The zero-order valence-corrected chi connectivity index (χ0v) is 21.4. The molecule has 194 valence electrons. The highest BCUT2D eigenvalue weighted by molar-refractivity contribution is 7.99. The number of nitrogens with zero attached hydrogens (tertiary/aromatic N) is 1. The van der Waals surface area contributed by atoms with Crippen LogP contribution in [-0.2, 0) is 16.1 Å². The van der Waals surface area contributed by atoms with Crippen LogP contribution >= 0.6 is 11.8 Å². The molecule has 7 nitrogen and oxygen atoms in total. The molecule has 3 aromatic carbocycles. The minimum atomic E-state index is -0.620. The lowest BCUT2D eigenvalue weighted by Crippen LogP contribution is -2.32. The topological polar surface area (TPSA) is 94.7 Å². The van der Waals surface area contributed by atoms with Crippen molar-refractivity contribution in [3.8, 4) is 0 Å². The summed E-state index contributed by atoms with van der Waals surface area (Å²) in [6.45, 7) is -0.0176. The maximum Gasteiger partial charge on any atom is 0.255 e. The van der Waals surface area contributed by atoms with Crippen molar-refractivity contribution in [3.63, 3.8) is 0 Å². The van der Waals surface area contributed by atoms with Crippen LogP contribution in [0, 0.1) is 5.21 Å². The Bertz CT molecular complexity index is 1350. The number of rotatable bonds is 8. The number of carbonyl (C=O) groups excluding carboxylic acids is 1. The summed E-state index contributed by atoms with van der Waals surface area (Å²) in [5.41, 5.74) is 3.92. The highest BCUT2D eigenvalue weighted by Crippen LogP contribution is 2.39. The van der Waals surface area contributed by atoms with E-state index in [1.54, 1.807) is 24.3 Å². The maximum absolute atomic E-state index is 12.5. The van der Waals surface area contributed by atoms with Crippen LogP contribution in [0.5, 0.6) is 0 Å². The van der Waals surface area contributed by atoms with Crippen LogP contribution < -0.4 is 10.0 Å². The van der Waals surface area contributed by atoms with Crippen LogP contribution in [-0.4, -0.2) is 22.9 Å². The van der Waals surface area contributed by atoms with Crippen LogP contribution in [0.3, 0.4) is 0 Å². The van der Waals surface area contributed by atoms with Crippen LogP contribution in [0.25, 0.3) is 0 Å². The van der Waals surface area contributed by atoms with Gasteiger partial charge in [-0.05, 0) is 41.5 Å². The molecule has 2 N–H and O–H groups in total. The number of aliphatic hydroxyl groups is 1. The van der Waals surface area contributed by atoms with Crippen molar-refractivity contribution in [2.24, 2.45) is 0 Å². The summed E-state index contributed by atoms with van der Waals surface area (Å²) in [6.07, 6.45) is 1.10. The minimum Gasteiger partial charge on any atom is -0.618 e. The standard InChI is InChI=1S/C30H28N2O5S/c33-19-21-9-11-22(12-10-21)27-18-26(20-38-28-8-4-5-17-32(28)35)36-30(37-27)24-13-15-25(16-14-24)31-29(34)23-6-2-1-3-7-23/h1-17,26-27,30,33H,18-20H2,(H,31,34)/t26-,27+,30+/m1/s1. The van der Waals surface area contributed by atoms with Gasteiger partial charge in [0, 0.05) is 41.1 Å². The molecule has 38 heavy (non-hydrogen) atoms. The molecule has 4 aromatic rings. The van der Waals surface area contributed by atoms with Crippen LogP contribution in [0.2, 0.25) is 0 Å². The van der Waals surface area contributed by atoms with Gasteiger partial charge >= 0.3 is 0 Å². The average Bonchev–Trinajstić information content (AvgIpc) is 2.97. The zero-order chi connectivity index (χ0) is 26.3. The average molecular weight is 529 g/mol. The van der Waals surface area contributed by atoms with Gasteiger partial charge in [-0.1, -0.05) is 66.4 Å². The third-order valence-electron chi connectivity index (χ3n) is 6.30. The van der Waals surface area contributed by atoms with Crippen molar-refractivity contribution in [1.82, 2.24) is 0 Å². The Hall–Kier alpha value is -3.69. The van der Waals surface area contributed by atoms with Crippen molar-refractivity contribution < 1.29 is 24.1 Å². The van der Waals surface area contributed by atoms with Gasteiger partial charge in [0.05, 0.1) is 18.8 Å². The monoisotopic (exact) mass is 528 g/mol. The number of ether oxygens (including phenoxy) is 2. The molecule has 1 saturated heterocycles. The Kier molecular flexibility index (Phi) is 8.35. The Morgan fingerprint density at radius 2 is 1.63 bits per heavy atom. The number of amides is 1. The van der Waals surface area contributed by atoms with Gasteiger partial charge in [-0.2, -0.15) is 4.73 Å². The van der Waals surface area contributed by atoms with Crippen molar-refractivity contribution in [2.75, 3.05) is 11.1 Å². The normalized spacial score (nSPS) is 19.1. The molecule has 8 heteroatoms. The van der Waals surface area contributed by atoms with E-state index in [0.717, 1.165) is 21.4 Å². The molecule has 2 heterocycles. The molecule has 1 amide bonds. The van der Waals surface area contributed by atoms with E-state index in [9.17, 15) is 15.1 Å². The van der Waals surface area contributed by atoms with Gasteiger partial charge in [0.15, 0.2) is 12.5 Å². The number of carbonyl (C=O) groups is 1. The van der Waals surface area contributed by atoms with E-state index in [1.165, 1.54) is 18.0 Å². The zero-order valence-electron chi connectivity index (χ0n) is 20.6. The summed E-state index contributed by atoms with van der Waals surface area (Å²) in [5, 5.41) is 25.0. The molecule has 3 atom stereocenters. The summed E-state index contributed by atoms with van der Waals surface area (Å²) in [7, 11) is 0. The van der Waals surface area contributed by atoms with E-state index >= 15 is 0 Å². The predicted molar refractivity (Wildman–Crippen MR) is 145 cm³/mol. The molecular formula is C30H28N2O5S. The fourth-order valence-electron chi connectivity index (χ4n) is 4.24. The Labute approximate surface area is 225 Å². The predicted octanol–water partition coefficient (Wildman–Crippen LogP) is 5.40. The first-order valence-electron chi connectivity index (χ1n) is 12.4. The number of anilines is 1. The van der Waals surface area contributed by atoms with Crippen molar-refractivity contribution in [1.29, 1.82) is 0 Å². The van der Waals surface area contributed by atoms with E-state index in [2.05, 4.69) is 5.32 Å². The minimum absolute atomic E-state index is 0.0176. The summed E-state index contributed by atoms with van der Waals surface area (Å²) in [4.78, 5) is 12.5. The third-order valence-corrected chi connectivity index (χ3v) is 7.45. The largest absolute Gasteiger partial charge is 0.618 e. The molecule has 0 radical (unpaired) electrons. The lowest BCUT2D eigenvalue weighted by atomic mass is 10.0. The number of hydrogen-bond acceptors (Lipinski definition) is 6. The summed E-state index contributed by atoms with van der Waals surface area (Å²) in [5.74, 6) is 0.409. The molecule has 1 fully saturated rings. The Balaban J connectivity index is 1.32. The van der Waals surface area contributed by atoms with Crippen molar-refractivity contribution in [2.45, 2.75) is 36.6 Å². The molecule has 0 aliphatic carbocycles. The fourth-order valence-corrected chi connectivity index (χ4v) is 5.18. The van der Waals surface area contributed by atoms with Crippen LogP contribution in [0.4, 0.5) is 5.69 Å². The summed E-state index contributed by atoms with van der Waals surface area (Å²) in [6, 6.07) is 29.5. The van der Waals surface area contributed by atoms with E-state index in [4.69, 9.17) is 9.47 Å². The number of benzene rings is 3. The SMILES string of the molecule is O=C(Nc1ccc([C@H]2O[C@@H](CSc3cccc[n+]3[O-])C[C@@H](c3ccc(CO)cc3)O2)cc1)c1ccccc1. The van der Waals surface area contributed by atoms with Gasteiger partial charge in [-0.15, -0.1) is 0 Å². The van der Waals surface area contributed by atoms with Crippen LogP contribution in [0.15, 0.2) is 108 Å². The number of thioether (sulfide) groups is 1. The lowest BCUT2D eigenvalue weighted by Gasteiger charge is -2.36. The first-order chi connectivity index (χ1) is 18.6. The van der Waals surface area contributed by atoms with Crippen molar-refractivity contribution in [3.05, 3.63) is 131 Å². The van der Waals surface area contributed by atoms with E-state index in [1.807, 2.05) is 72.8 Å². The Morgan fingerprint density at radius 3 is 2.34 bits per heavy atom.